The van der Waals surface area contributed by atoms with Crippen molar-refractivity contribution in [3.63, 3.8) is 0 Å². The number of nitrogens with two attached hydrogens (primary N) is 1. The molecule has 1 aromatic carbocycles. The molecular formula is C11H12N2O2. The van der Waals surface area contributed by atoms with Gasteiger partial charge in [0.2, 0.25) is 5.56 Å². The molecule has 0 bridgehead atoms. The van der Waals surface area contributed by atoms with Gasteiger partial charge in [0.05, 0.1) is 12.6 Å². The third-order valence-electron chi connectivity index (χ3n) is 2.36. The van der Waals surface area contributed by atoms with Gasteiger partial charge in [-0.3, -0.25) is 4.79 Å². The number of ether oxygens (including phenoxy) is 1. The van der Waals surface area contributed by atoms with Crippen molar-refractivity contribution in [2.75, 3.05) is 7.11 Å². The standard InChI is InChI=1S/C11H12N2O2/c1-15-8-2-3-9-7(6-12)4-11(14)13-10(9)5-8/h2-5H,6,12H2,1H3,(H,13,14). The molecule has 3 N–H and O–H groups in total. The maximum absolute atomic E-state index is 11.3. The van der Waals surface area contributed by atoms with Gasteiger partial charge in [-0.15, -0.1) is 0 Å². The average Bonchev–Trinajstić information content (AvgIpc) is 2.26. The number of benzene rings is 1. The molecule has 0 amide bonds. The number of methoxy groups -OCH3 is 1. The van der Waals surface area contributed by atoms with Crippen molar-refractivity contribution in [3.05, 3.63) is 40.2 Å². The van der Waals surface area contributed by atoms with Crippen molar-refractivity contribution in [2.45, 2.75) is 6.54 Å². The maximum Gasteiger partial charge on any atom is 0.248 e. The smallest absolute Gasteiger partial charge is 0.248 e. The monoisotopic (exact) mass is 204 g/mol. The van der Waals surface area contributed by atoms with E-state index in [0.29, 0.717) is 12.3 Å². The maximum atomic E-state index is 11.3. The molecule has 0 saturated carbocycles. The summed E-state index contributed by atoms with van der Waals surface area (Å²) >= 11 is 0. The quantitative estimate of drug-likeness (QED) is 0.766. The Morgan fingerprint density at radius 1 is 1.40 bits per heavy atom. The van der Waals surface area contributed by atoms with E-state index in [2.05, 4.69) is 4.98 Å². The Kier molecular flexibility index (Phi) is 2.43. The Morgan fingerprint density at radius 2 is 2.20 bits per heavy atom. The summed E-state index contributed by atoms with van der Waals surface area (Å²) in [5.74, 6) is 0.715. The fourth-order valence-electron chi connectivity index (χ4n) is 1.61. The van der Waals surface area contributed by atoms with E-state index in [0.717, 1.165) is 16.5 Å². The molecule has 0 radical (unpaired) electrons. The van der Waals surface area contributed by atoms with E-state index in [4.69, 9.17) is 10.5 Å². The minimum absolute atomic E-state index is 0.142. The molecule has 0 aliphatic rings. The third-order valence-corrected chi connectivity index (χ3v) is 2.36. The van der Waals surface area contributed by atoms with Crippen LogP contribution in [-0.4, -0.2) is 12.1 Å². The van der Waals surface area contributed by atoms with E-state index >= 15 is 0 Å². The zero-order valence-corrected chi connectivity index (χ0v) is 8.41. The second-order valence-corrected chi connectivity index (χ2v) is 3.27. The molecule has 0 aliphatic heterocycles. The van der Waals surface area contributed by atoms with Crippen LogP contribution in [-0.2, 0) is 6.54 Å². The van der Waals surface area contributed by atoms with Crippen LogP contribution in [0.25, 0.3) is 10.9 Å². The Balaban J connectivity index is 2.78. The lowest BCUT2D eigenvalue weighted by molar-refractivity contribution is 0.415. The van der Waals surface area contributed by atoms with Gasteiger partial charge in [0.1, 0.15) is 5.75 Å². The number of hydrogen-bond acceptors (Lipinski definition) is 3. The fraction of sp³-hybridized carbons (Fsp3) is 0.182. The highest BCUT2D eigenvalue weighted by molar-refractivity contribution is 5.83. The highest BCUT2D eigenvalue weighted by Crippen LogP contribution is 2.20. The van der Waals surface area contributed by atoms with Crippen LogP contribution in [0.5, 0.6) is 5.75 Å². The van der Waals surface area contributed by atoms with E-state index in [-0.39, 0.29) is 5.56 Å². The summed E-state index contributed by atoms with van der Waals surface area (Å²) in [5, 5.41) is 0.956. The zero-order chi connectivity index (χ0) is 10.8. The van der Waals surface area contributed by atoms with E-state index < -0.39 is 0 Å². The topological polar surface area (TPSA) is 68.1 Å². The normalized spacial score (nSPS) is 10.5. The van der Waals surface area contributed by atoms with Crippen LogP contribution >= 0.6 is 0 Å². The van der Waals surface area contributed by atoms with Crippen molar-refractivity contribution >= 4 is 10.9 Å². The van der Waals surface area contributed by atoms with Crippen LogP contribution in [0.2, 0.25) is 0 Å². The predicted molar refractivity (Wildman–Crippen MR) is 59.0 cm³/mol. The largest absolute Gasteiger partial charge is 0.497 e. The number of nitrogens with one attached hydrogen (secondary N) is 1. The second kappa shape index (κ2) is 3.74. The minimum Gasteiger partial charge on any atom is -0.497 e. The Hall–Kier alpha value is -1.81. The van der Waals surface area contributed by atoms with Crippen molar-refractivity contribution in [1.82, 2.24) is 4.98 Å². The SMILES string of the molecule is COc1ccc2c(CN)cc(=O)[nH]c2c1. The number of H-pyrrole nitrogens is 1. The summed E-state index contributed by atoms with van der Waals surface area (Å²) in [6.07, 6.45) is 0. The van der Waals surface area contributed by atoms with Gasteiger partial charge in [-0.05, 0) is 17.7 Å². The summed E-state index contributed by atoms with van der Waals surface area (Å²) in [7, 11) is 1.59. The summed E-state index contributed by atoms with van der Waals surface area (Å²) in [5.41, 5.74) is 7.02. The number of pyridine rings is 1. The molecule has 4 nitrogen and oxygen atoms in total. The molecule has 0 saturated heterocycles. The molecule has 0 fully saturated rings. The van der Waals surface area contributed by atoms with Gasteiger partial charge in [0.25, 0.3) is 0 Å². The fourth-order valence-corrected chi connectivity index (χ4v) is 1.61. The first-order valence-electron chi connectivity index (χ1n) is 4.64. The Bertz CT molecular complexity index is 546. The van der Waals surface area contributed by atoms with Crippen molar-refractivity contribution in [3.8, 4) is 5.75 Å². The van der Waals surface area contributed by atoms with Gasteiger partial charge >= 0.3 is 0 Å². The van der Waals surface area contributed by atoms with Crippen molar-refractivity contribution < 1.29 is 4.74 Å². The van der Waals surface area contributed by atoms with Gasteiger partial charge in [-0.1, -0.05) is 0 Å². The van der Waals surface area contributed by atoms with Gasteiger partial charge in [0, 0.05) is 24.1 Å². The molecule has 1 aromatic heterocycles. The first-order chi connectivity index (χ1) is 7.24. The van der Waals surface area contributed by atoms with Crippen LogP contribution in [0.4, 0.5) is 0 Å². The number of aromatic amines is 1. The molecule has 15 heavy (non-hydrogen) atoms. The van der Waals surface area contributed by atoms with Crippen LogP contribution in [0.1, 0.15) is 5.56 Å². The molecule has 4 heteroatoms. The lowest BCUT2D eigenvalue weighted by Crippen LogP contribution is -2.09. The molecule has 0 unspecified atom stereocenters. The summed E-state index contributed by atoms with van der Waals surface area (Å²) < 4.78 is 5.08. The molecule has 0 atom stereocenters. The van der Waals surface area contributed by atoms with E-state index in [1.54, 1.807) is 13.2 Å². The van der Waals surface area contributed by atoms with Gasteiger partial charge in [0.15, 0.2) is 0 Å². The van der Waals surface area contributed by atoms with Gasteiger partial charge in [-0.25, -0.2) is 0 Å². The molecule has 1 heterocycles. The lowest BCUT2D eigenvalue weighted by atomic mass is 10.1. The molecule has 0 spiro atoms. The Labute approximate surface area is 86.7 Å². The molecule has 78 valence electrons. The first kappa shape index (κ1) is 9.73. The van der Waals surface area contributed by atoms with Gasteiger partial charge < -0.3 is 15.5 Å². The van der Waals surface area contributed by atoms with Gasteiger partial charge in [-0.2, -0.15) is 0 Å². The second-order valence-electron chi connectivity index (χ2n) is 3.27. The number of fused-ring (bicyclic) bond motifs is 1. The van der Waals surface area contributed by atoms with Crippen molar-refractivity contribution in [2.24, 2.45) is 5.73 Å². The van der Waals surface area contributed by atoms with Crippen LogP contribution in [0.3, 0.4) is 0 Å². The third kappa shape index (κ3) is 1.71. The summed E-state index contributed by atoms with van der Waals surface area (Å²) in [6, 6.07) is 7.05. The molecule has 2 aromatic rings. The van der Waals surface area contributed by atoms with E-state index in [1.807, 2.05) is 12.1 Å². The number of aromatic nitrogens is 1. The van der Waals surface area contributed by atoms with Crippen LogP contribution < -0.4 is 16.0 Å². The highest BCUT2D eigenvalue weighted by atomic mass is 16.5. The minimum atomic E-state index is -0.142. The molecular weight excluding hydrogens is 192 g/mol. The highest BCUT2D eigenvalue weighted by Gasteiger charge is 2.02. The lowest BCUT2D eigenvalue weighted by Gasteiger charge is -2.05. The zero-order valence-electron chi connectivity index (χ0n) is 8.41. The number of rotatable bonds is 2. The Morgan fingerprint density at radius 3 is 2.87 bits per heavy atom. The predicted octanol–water partition coefficient (Wildman–Crippen LogP) is 0.995. The molecule has 0 aliphatic carbocycles. The van der Waals surface area contributed by atoms with E-state index in [9.17, 15) is 4.79 Å². The van der Waals surface area contributed by atoms with Crippen LogP contribution in [0, 0.1) is 0 Å². The van der Waals surface area contributed by atoms with E-state index in [1.165, 1.54) is 6.07 Å². The summed E-state index contributed by atoms with van der Waals surface area (Å²) in [6.45, 7) is 0.354. The van der Waals surface area contributed by atoms with Crippen LogP contribution in [0.15, 0.2) is 29.1 Å². The van der Waals surface area contributed by atoms with Crippen molar-refractivity contribution in [1.29, 1.82) is 0 Å². The summed E-state index contributed by atoms with van der Waals surface area (Å²) in [4.78, 5) is 14.1. The molecule has 2 rings (SSSR count). The average molecular weight is 204 g/mol. The number of hydrogen-bond donors (Lipinski definition) is 2. The first-order valence-corrected chi connectivity index (χ1v) is 4.64.